The summed E-state index contributed by atoms with van der Waals surface area (Å²) in [5.74, 6) is -0.762. The number of aromatic amines is 1. The van der Waals surface area contributed by atoms with Crippen LogP contribution < -0.4 is 26.6 Å². The summed E-state index contributed by atoms with van der Waals surface area (Å²) in [5.41, 5.74) is 4.78. The molecular weight excluding hydrogens is 398 g/mol. The Bertz CT molecular complexity index is 984. The third-order valence-corrected chi connectivity index (χ3v) is 4.34. The van der Waals surface area contributed by atoms with Crippen molar-refractivity contribution < 1.29 is 18.3 Å². The van der Waals surface area contributed by atoms with E-state index in [9.17, 15) is 23.2 Å². The minimum absolute atomic E-state index is 0.0230. The van der Waals surface area contributed by atoms with Crippen LogP contribution in [-0.2, 0) is 6.54 Å². The average molecular weight is 424 g/mol. The van der Waals surface area contributed by atoms with Gasteiger partial charge in [-0.15, -0.1) is 0 Å². The van der Waals surface area contributed by atoms with Gasteiger partial charge in [-0.25, -0.2) is 4.79 Å². The molecule has 0 aliphatic heterocycles. The Kier molecular flexibility index (Phi) is 7.73. The van der Waals surface area contributed by atoms with Gasteiger partial charge in [-0.2, -0.15) is 8.78 Å². The molecule has 0 fully saturated rings. The predicted molar refractivity (Wildman–Crippen MR) is 110 cm³/mol. The Morgan fingerprint density at radius 3 is 2.40 bits per heavy atom. The number of hydrogen-bond donors (Lipinski definition) is 2. The molecule has 2 aromatic rings. The zero-order valence-electron chi connectivity index (χ0n) is 17.2. The summed E-state index contributed by atoms with van der Waals surface area (Å²) in [6.45, 7) is 3.15. The smallest absolute Gasteiger partial charge is 0.387 e. The summed E-state index contributed by atoms with van der Waals surface area (Å²) in [6, 6.07) is 5.13. The zero-order chi connectivity index (χ0) is 22.4. The molecule has 30 heavy (non-hydrogen) atoms. The summed E-state index contributed by atoms with van der Waals surface area (Å²) in [5, 5.41) is 0. The third kappa shape index (κ3) is 5.46. The number of benzene rings is 1. The van der Waals surface area contributed by atoms with Crippen LogP contribution in [0.3, 0.4) is 0 Å². The number of nitrogens with one attached hydrogen (secondary N) is 1. The van der Waals surface area contributed by atoms with Gasteiger partial charge in [-0.05, 0) is 36.6 Å². The van der Waals surface area contributed by atoms with E-state index in [0.717, 1.165) is 6.42 Å². The molecule has 0 radical (unpaired) electrons. The molecule has 0 spiro atoms. The molecule has 0 aliphatic rings. The quantitative estimate of drug-likeness (QED) is 0.643. The number of hydrogen-bond acceptors (Lipinski definition) is 5. The largest absolute Gasteiger partial charge is 0.435 e. The molecule has 1 heterocycles. The number of anilines is 2. The molecule has 1 aromatic carbocycles. The minimum Gasteiger partial charge on any atom is -0.435 e. The van der Waals surface area contributed by atoms with Gasteiger partial charge in [-0.3, -0.25) is 19.1 Å². The van der Waals surface area contributed by atoms with Gasteiger partial charge in [0.05, 0.1) is 0 Å². The fraction of sp³-hybridized carbons (Fsp3) is 0.450. The number of alkyl halides is 2. The van der Waals surface area contributed by atoms with Crippen molar-refractivity contribution in [2.24, 2.45) is 5.92 Å². The van der Waals surface area contributed by atoms with E-state index in [1.54, 1.807) is 0 Å². The number of H-pyrrole nitrogens is 1. The van der Waals surface area contributed by atoms with Gasteiger partial charge in [0.1, 0.15) is 11.6 Å². The third-order valence-electron chi connectivity index (χ3n) is 4.34. The van der Waals surface area contributed by atoms with Crippen molar-refractivity contribution in [1.29, 1.82) is 0 Å². The van der Waals surface area contributed by atoms with Crippen molar-refractivity contribution in [3.8, 4) is 5.75 Å². The standard InChI is InChI=1S/C20H26F2N4O4/c1-4-5-10-25-16(23)15(17(27)24-20(25)29)26(11-12(2)3)18(28)13-6-8-14(9-7-13)30-19(21)22/h6-9,12,19H,4-5,10-11,23H2,1-3H3,(H,24,27,29). The first-order chi connectivity index (χ1) is 14.1. The first-order valence-electron chi connectivity index (χ1n) is 9.65. The van der Waals surface area contributed by atoms with Crippen LogP contribution in [-0.4, -0.2) is 28.6 Å². The first kappa shape index (κ1) is 23.1. The maximum Gasteiger partial charge on any atom is 0.387 e. The van der Waals surface area contributed by atoms with E-state index in [1.165, 1.54) is 33.7 Å². The number of ether oxygens (including phenoxy) is 1. The van der Waals surface area contributed by atoms with E-state index in [2.05, 4.69) is 9.72 Å². The van der Waals surface area contributed by atoms with Crippen LogP contribution in [0.4, 0.5) is 20.3 Å². The number of nitrogens with zero attached hydrogens (tertiary/aromatic N) is 2. The summed E-state index contributed by atoms with van der Waals surface area (Å²) < 4.78 is 30.2. The van der Waals surface area contributed by atoms with Crippen LogP contribution in [0, 0.1) is 5.92 Å². The fourth-order valence-corrected chi connectivity index (χ4v) is 2.95. The minimum atomic E-state index is -2.98. The van der Waals surface area contributed by atoms with E-state index in [-0.39, 0.29) is 35.3 Å². The molecule has 2 rings (SSSR count). The topological polar surface area (TPSA) is 110 Å². The van der Waals surface area contributed by atoms with E-state index < -0.39 is 23.8 Å². The van der Waals surface area contributed by atoms with Gasteiger partial charge < -0.3 is 15.4 Å². The maximum absolute atomic E-state index is 13.2. The Hall–Kier alpha value is -3.17. The predicted octanol–water partition coefficient (Wildman–Crippen LogP) is 2.82. The molecule has 1 aromatic heterocycles. The van der Waals surface area contributed by atoms with Crippen molar-refractivity contribution >= 4 is 17.4 Å². The average Bonchev–Trinajstić information content (AvgIpc) is 2.66. The van der Waals surface area contributed by atoms with Crippen molar-refractivity contribution in [1.82, 2.24) is 9.55 Å². The number of carbonyl (C=O) groups excluding carboxylic acids is 1. The summed E-state index contributed by atoms with van der Waals surface area (Å²) >= 11 is 0. The number of aromatic nitrogens is 2. The lowest BCUT2D eigenvalue weighted by molar-refractivity contribution is -0.0498. The van der Waals surface area contributed by atoms with Crippen molar-refractivity contribution in [3.05, 3.63) is 50.7 Å². The number of unbranched alkanes of at least 4 members (excludes halogenated alkanes) is 1. The molecular formula is C20H26F2N4O4. The summed E-state index contributed by atoms with van der Waals surface area (Å²) in [7, 11) is 0. The van der Waals surface area contributed by atoms with Crippen molar-refractivity contribution in [2.45, 2.75) is 46.8 Å². The normalized spacial score (nSPS) is 11.2. The molecule has 3 N–H and O–H groups in total. The van der Waals surface area contributed by atoms with Gasteiger partial charge >= 0.3 is 12.3 Å². The molecule has 0 atom stereocenters. The van der Waals surface area contributed by atoms with E-state index in [1.807, 2.05) is 20.8 Å². The van der Waals surface area contributed by atoms with Crippen LogP contribution in [0.5, 0.6) is 5.75 Å². The fourth-order valence-electron chi connectivity index (χ4n) is 2.95. The lowest BCUT2D eigenvalue weighted by Crippen LogP contribution is -2.42. The highest BCUT2D eigenvalue weighted by molar-refractivity contribution is 6.07. The number of rotatable bonds is 9. The molecule has 0 bridgehead atoms. The van der Waals surface area contributed by atoms with Gasteiger partial charge in [0.2, 0.25) is 0 Å². The maximum atomic E-state index is 13.2. The van der Waals surface area contributed by atoms with Crippen LogP contribution >= 0.6 is 0 Å². The van der Waals surface area contributed by atoms with Gasteiger partial charge in [0, 0.05) is 18.7 Å². The lowest BCUT2D eigenvalue weighted by Gasteiger charge is -2.26. The number of amides is 1. The second-order valence-corrected chi connectivity index (χ2v) is 7.21. The Morgan fingerprint density at radius 2 is 1.87 bits per heavy atom. The lowest BCUT2D eigenvalue weighted by atomic mass is 10.1. The molecule has 0 saturated carbocycles. The first-order valence-corrected chi connectivity index (χ1v) is 9.65. The highest BCUT2D eigenvalue weighted by Gasteiger charge is 2.26. The van der Waals surface area contributed by atoms with Crippen LogP contribution in [0.2, 0.25) is 0 Å². The molecule has 0 saturated heterocycles. The molecule has 0 aliphatic carbocycles. The highest BCUT2D eigenvalue weighted by Crippen LogP contribution is 2.22. The second-order valence-electron chi connectivity index (χ2n) is 7.21. The van der Waals surface area contributed by atoms with E-state index >= 15 is 0 Å². The van der Waals surface area contributed by atoms with Crippen molar-refractivity contribution in [2.75, 3.05) is 17.2 Å². The van der Waals surface area contributed by atoms with Crippen molar-refractivity contribution in [3.63, 3.8) is 0 Å². The second kappa shape index (κ2) is 10.0. The zero-order valence-corrected chi connectivity index (χ0v) is 17.2. The van der Waals surface area contributed by atoms with Crippen LogP contribution in [0.1, 0.15) is 44.0 Å². The van der Waals surface area contributed by atoms with Crippen LogP contribution in [0.25, 0.3) is 0 Å². The number of halogens is 2. The van der Waals surface area contributed by atoms with E-state index in [4.69, 9.17) is 5.73 Å². The van der Waals surface area contributed by atoms with Gasteiger partial charge in [0.25, 0.3) is 11.5 Å². The Balaban J connectivity index is 2.51. The molecule has 164 valence electrons. The number of nitrogen functional groups attached to an aromatic ring is 1. The monoisotopic (exact) mass is 424 g/mol. The summed E-state index contributed by atoms with van der Waals surface area (Å²) in [4.78, 5) is 41.4. The Morgan fingerprint density at radius 1 is 1.23 bits per heavy atom. The van der Waals surface area contributed by atoms with Gasteiger partial charge in [0.15, 0.2) is 5.69 Å². The SMILES string of the molecule is CCCCn1c(N)c(N(CC(C)C)C(=O)c2ccc(OC(F)F)cc2)c(=O)[nH]c1=O. The molecule has 0 unspecified atom stereocenters. The Labute approximate surface area is 172 Å². The molecule has 1 amide bonds. The number of nitrogens with two attached hydrogens (primary N) is 1. The highest BCUT2D eigenvalue weighted by atomic mass is 19.3. The molecule has 10 heteroatoms. The van der Waals surface area contributed by atoms with Crippen LogP contribution in [0.15, 0.2) is 33.9 Å². The summed E-state index contributed by atoms with van der Waals surface area (Å²) in [6.07, 6.45) is 1.47. The van der Waals surface area contributed by atoms with E-state index in [0.29, 0.717) is 13.0 Å². The molecule has 8 nitrogen and oxygen atoms in total. The van der Waals surface area contributed by atoms with Gasteiger partial charge in [-0.1, -0.05) is 27.2 Å². The number of carbonyl (C=O) groups is 1.